The lowest BCUT2D eigenvalue weighted by atomic mass is 9.97. The summed E-state index contributed by atoms with van der Waals surface area (Å²) in [7, 11) is 1.80. The van der Waals surface area contributed by atoms with E-state index in [2.05, 4.69) is 21.2 Å². The molecular weight excluding hydrogens is 300 g/mol. The van der Waals surface area contributed by atoms with E-state index in [1.165, 1.54) is 0 Å². The number of aliphatic hydroxyl groups is 1. The van der Waals surface area contributed by atoms with Gasteiger partial charge < -0.3 is 19.7 Å². The Morgan fingerprint density at radius 3 is 3.00 bits per heavy atom. The van der Waals surface area contributed by atoms with E-state index in [4.69, 9.17) is 4.74 Å². The molecule has 1 fully saturated rings. The van der Waals surface area contributed by atoms with Crippen molar-refractivity contribution < 1.29 is 14.6 Å². The van der Waals surface area contributed by atoms with Crippen LogP contribution in [-0.4, -0.2) is 40.4 Å². The molecule has 2 heterocycles. The summed E-state index contributed by atoms with van der Waals surface area (Å²) in [6.45, 7) is 2.55. The molecule has 1 saturated heterocycles. The number of halogens is 1. The second-order valence-electron chi connectivity index (χ2n) is 4.70. The molecule has 1 aliphatic heterocycles. The highest BCUT2D eigenvalue weighted by Crippen LogP contribution is 2.24. The highest BCUT2D eigenvalue weighted by atomic mass is 79.9. The van der Waals surface area contributed by atoms with E-state index in [-0.39, 0.29) is 18.6 Å². The normalized spacial score (nSPS) is 27.4. The Bertz CT molecular complexity index is 460. The van der Waals surface area contributed by atoms with Crippen LogP contribution in [0, 0.1) is 0 Å². The lowest BCUT2D eigenvalue weighted by Gasteiger charge is -2.26. The van der Waals surface area contributed by atoms with Crippen LogP contribution >= 0.6 is 15.9 Å². The van der Waals surface area contributed by atoms with Gasteiger partial charge in [-0.25, -0.2) is 0 Å². The molecule has 2 atom stereocenters. The maximum atomic E-state index is 12.0. The molecule has 6 heteroatoms. The van der Waals surface area contributed by atoms with Gasteiger partial charge in [-0.05, 0) is 28.9 Å². The van der Waals surface area contributed by atoms with Crippen LogP contribution in [0.5, 0.6) is 0 Å². The average Bonchev–Trinajstić information content (AvgIpc) is 2.80. The van der Waals surface area contributed by atoms with E-state index in [9.17, 15) is 9.90 Å². The van der Waals surface area contributed by atoms with Gasteiger partial charge in [-0.2, -0.15) is 0 Å². The Hall–Kier alpha value is -0.850. The summed E-state index contributed by atoms with van der Waals surface area (Å²) in [6.07, 6.45) is 2.11. The predicted molar refractivity (Wildman–Crippen MR) is 70.4 cm³/mol. The molecule has 0 aliphatic carbocycles. The van der Waals surface area contributed by atoms with E-state index in [0.29, 0.717) is 18.7 Å². The summed E-state index contributed by atoms with van der Waals surface area (Å²) in [5.41, 5.74) is -0.407. The maximum Gasteiger partial charge on any atom is 0.268 e. The molecule has 1 aromatic rings. The third kappa shape index (κ3) is 2.60. The summed E-state index contributed by atoms with van der Waals surface area (Å²) in [6, 6.07) is 1.74. The first-order valence-corrected chi connectivity index (χ1v) is 6.66. The Kier molecular flexibility index (Phi) is 3.79. The van der Waals surface area contributed by atoms with Crippen LogP contribution in [-0.2, 0) is 11.8 Å². The van der Waals surface area contributed by atoms with Crippen LogP contribution in [0.15, 0.2) is 16.7 Å². The third-order valence-electron chi connectivity index (χ3n) is 3.42. The predicted octanol–water partition coefficient (Wildman–Crippen LogP) is 1.06. The fourth-order valence-corrected chi connectivity index (χ4v) is 2.60. The Morgan fingerprint density at radius 2 is 2.50 bits per heavy atom. The second-order valence-corrected chi connectivity index (χ2v) is 5.62. The van der Waals surface area contributed by atoms with Crippen molar-refractivity contribution in [1.29, 1.82) is 0 Å². The molecule has 5 nitrogen and oxygen atoms in total. The van der Waals surface area contributed by atoms with E-state index in [0.717, 1.165) is 4.47 Å². The van der Waals surface area contributed by atoms with E-state index in [1.807, 2.05) is 13.1 Å². The number of carbonyl (C=O) groups excluding carboxylic acids is 1. The van der Waals surface area contributed by atoms with Gasteiger partial charge in [-0.1, -0.05) is 0 Å². The zero-order valence-corrected chi connectivity index (χ0v) is 12.0. The van der Waals surface area contributed by atoms with Crippen molar-refractivity contribution in [3.63, 3.8) is 0 Å². The SMILES string of the molecule is CC1OCCC1(O)CNC(=O)c1cc(Br)cn1C. The van der Waals surface area contributed by atoms with Gasteiger partial charge in [0.05, 0.1) is 6.10 Å². The monoisotopic (exact) mass is 316 g/mol. The number of hydrogen-bond acceptors (Lipinski definition) is 3. The van der Waals surface area contributed by atoms with Gasteiger partial charge in [0.25, 0.3) is 5.91 Å². The van der Waals surface area contributed by atoms with E-state index < -0.39 is 5.60 Å². The van der Waals surface area contributed by atoms with Gasteiger partial charge in [0, 0.05) is 37.3 Å². The van der Waals surface area contributed by atoms with Gasteiger partial charge in [-0.3, -0.25) is 4.79 Å². The minimum Gasteiger partial charge on any atom is -0.385 e. The average molecular weight is 317 g/mol. The Labute approximate surface area is 114 Å². The number of carbonyl (C=O) groups is 1. The van der Waals surface area contributed by atoms with Crippen molar-refractivity contribution in [2.24, 2.45) is 7.05 Å². The Balaban J connectivity index is 1.98. The molecule has 2 N–H and O–H groups in total. The summed E-state index contributed by atoms with van der Waals surface area (Å²) < 4.78 is 7.91. The quantitative estimate of drug-likeness (QED) is 0.876. The molecule has 100 valence electrons. The molecule has 2 rings (SSSR count). The molecule has 1 aliphatic rings. The van der Waals surface area contributed by atoms with Gasteiger partial charge in [0.1, 0.15) is 11.3 Å². The minimum absolute atomic E-state index is 0.198. The molecular formula is C12H17BrN2O3. The molecule has 18 heavy (non-hydrogen) atoms. The van der Waals surface area contributed by atoms with Crippen molar-refractivity contribution in [3.8, 4) is 0 Å². The lowest BCUT2D eigenvalue weighted by molar-refractivity contribution is -0.0252. The van der Waals surface area contributed by atoms with Crippen LogP contribution in [0.2, 0.25) is 0 Å². The standard InChI is InChI=1S/C12H17BrN2O3/c1-8-12(17,3-4-18-8)7-14-11(16)10-5-9(13)6-15(10)2/h5-6,8,17H,3-4,7H2,1-2H3,(H,14,16). The van der Waals surface area contributed by atoms with Crippen molar-refractivity contribution >= 4 is 21.8 Å². The van der Waals surface area contributed by atoms with Crippen molar-refractivity contribution in [2.45, 2.75) is 25.0 Å². The molecule has 0 bridgehead atoms. The zero-order chi connectivity index (χ0) is 13.3. The number of hydrogen-bond donors (Lipinski definition) is 2. The zero-order valence-electron chi connectivity index (χ0n) is 10.4. The number of aryl methyl sites for hydroxylation is 1. The summed E-state index contributed by atoms with van der Waals surface area (Å²) >= 11 is 3.32. The first-order valence-electron chi connectivity index (χ1n) is 5.86. The summed E-state index contributed by atoms with van der Waals surface area (Å²) in [5, 5.41) is 13.0. The fourth-order valence-electron chi connectivity index (χ4n) is 2.08. The Morgan fingerprint density at radius 1 is 1.78 bits per heavy atom. The maximum absolute atomic E-state index is 12.0. The highest BCUT2D eigenvalue weighted by molar-refractivity contribution is 9.10. The van der Waals surface area contributed by atoms with Crippen LogP contribution in [0.25, 0.3) is 0 Å². The number of nitrogens with zero attached hydrogens (tertiary/aromatic N) is 1. The number of aromatic nitrogens is 1. The minimum atomic E-state index is -0.960. The first-order chi connectivity index (χ1) is 8.42. The van der Waals surface area contributed by atoms with Crippen molar-refractivity contribution in [3.05, 3.63) is 22.4 Å². The lowest BCUT2D eigenvalue weighted by Crippen LogP contribution is -2.47. The van der Waals surface area contributed by atoms with Crippen LogP contribution in [0.1, 0.15) is 23.8 Å². The van der Waals surface area contributed by atoms with Gasteiger partial charge >= 0.3 is 0 Å². The summed E-state index contributed by atoms with van der Waals surface area (Å²) in [5.74, 6) is -0.198. The number of amides is 1. The largest absolute Gasteiger partial charge is 0.385 e. The van der Waals surface area contributed by atoms with Gasteiger partial charge in [-0.15, -0.1) is 0 Å². The molecule has 0 radical (unpaired) electrons. The second kappa shape index (κ2) is 5.03. The number of ether oxygens (including phenoxy) is 1. The molecule has 0 saturated carbocycles. The third-order valence-corrected chi connectivity index (χ3v) is 3.85. The molecule has 0 aromatic carbocycles. The van der Waals surface area contributed by atoms with Crippen LogP contribution < -0.4 is 5.32 Å². The van der Waals surface area contributed by atoms with Crippen LogP contribution in [0.4, 0.5) is 0 Å². The van der Waals surface area contributed by atoms with Gasteiger partial charge in [0.2, 0.25) is 0 Å². The number of rotatable bonds is 3. The van der Waals surface area contributed by atoms with Crippen molar-refractivity contribution in [1.82, 2.24) is 9.88 Å². The topological polar surface area (TPSA) is 63.5 Å². The fraction of sp³-hybridized carbons (Fsp3) is 0.583. The smallest absolute Gasteiger partial charge is 0.268 e. The van der Waals surface area contributed by atoms with Gasteiger partial charge in [0.15, 0.2) is 0 Å². The van der Waals surface area contributed by atoms with E-state index in [1.54, 1.807) is 17.7 Å². The van der Waals surface area contributed by atoms with Crippen molar-refractivity contribution in [2.75, 3.05) is 13.2 Å². The van der Waals surface area contributed by atoms with E-state index >= 15 is 0 Å². The molecule has 2 unspecified atom stereocenters. The molecule has 1 aromatic heterocycles. The molecule has 0 spiro atoms. The van der Waals surface area contributed by atoms with Crippen LogP contribution in [0.3, 0.4) is 0 Å². The highest BCUT2D eigenvalue weighted by Gasteiger charge is 2.39. The molecule has 1 amide bonds. The first kappa shape index (κ1) is 13.6. The number of nitrogens with one attached hydrogen (secondary N) is 1. The summed E-state index contributed by atoms with van der Waals surface area (Å²) in [4.78, 5) is 12.0.